The van der Waals surface area contributed by atoms with Crippen molar-refractivity contribution in [2.24, 2.45) is 0 Å². The van der Waals surface area contributed by atoms with Gasteiger partial charge in [0, 0.05) is 31.7 Å². The fourth-order valence-corrected chi connectivity index (χ4v) is 2.37. The van der Waals surface area contributed by atoms with E-state index in [1.165, 1.54) is 16.8 Å². The average Bonchev–Trinajstić information content (AvgIpc) is 2.59. The molecule has 6 nitrogen and oxygen atoms in total. The van der Waals surface area contributed by atoms with Crippen LogP contribution in [0.15, 0.2) is 47.3 Å². The Bertz CT molecular complexity index is 698. The Balaban J connectivity index is 2.06. The first-order valence-electron chi connectivity index (χ1n) is 7.68. The number of benzene rings is 1. The molecule has 1 amide bonds. The molecule has 0 fully saturated rings. The van der Waals surface area contributed by atoms with Gasteiger partial charge in [-0.3, -0.25) is 9.59 Å². The van der Waals surface area contributed by atoms with Gasteiger partial charge in [0.2, 0.25) is 0 Å². The minimum atomic E-state index is -0.328. The summed E-state index contributed by atoms with van der Waals surface area (Å²) in [6.45, 7) is 2.66. The van der Waals surface area contributed by atoms with Crippen LogP contribution < -0.4 is 10.9 Å². The van der Waals surface area contributed by atoms with Gasteiger partial charge in [-0.2, -0.15) is 5.10 Å². The third kappa shape index (κ3) is 4.50. The van der Waals surface area contributed by atoms with Crippen molar-refractivity contribution in [3.05, 3.63) is 64.1 Å². The predicted octanol–water partition coefficient (Wildman–Crippen LogP) is 1.16. The van der Waals surface area contributed by atoms with Crippen LogP contribution in [-0.4, -0.2) is 33.9 Å². The van der Waals surface area contributed by atoms with Crippen molar-refractivity contribution in [2.45, 2.75) is 25.8 Å². The Labute approximate surface area is 134 Å². The van der Waals surface area contributed by atoms with Gasteiger partial charge in [0.15, 0.2) is 0 Å². The fourth-order valence-electron chi connectivity index (χ4n) is 2.37. The zero-order valence-corrected chi connectivity index (χ0v) is 13.1. The highest BCUT2D eigenvalue weighted by Gasteiger charge is 2.14. The van der Waals surface area contributed by atoms with Crippen LogP contribution in [-0.2, 0) is 6.54 Å². The molecule has 122 valence electrons. The number of hydrogen-bond acceptors (Lipinski definition) is 4. The summed E-state index contributed by atoms with van der Waals surface area (Å²) in [5.74, 6) is -0.298. The topological polar surface area (TPSA) is 84.2 Å². The molecule has 6 heteroatoms. The summed E-state index contributed by atoms with van der Waals surface area (Å²) in [6, 6.07) is 12.5. The zero-order valence-electron chi connectivity index (χ0n) is 13.1. The summed E-state index contributed by atoms with van der Waals surface area (Å²) in [6.07, 6.45) is 0.562. The van der Waals surface area contributed by atoms with Gasteiger partial charge in [0.05, 0.1) is 0 Å². The molecule has 0 saturated carbocycles. The highest BCUT2D eigenvalue weighted by molar-refractivity contribution is 5.92. The van der Waals surface area contributed by atoms with Crippen molar-refractivity contribution in [2.75, 3.05) is 13.2 Å². The summed E-state index contributed by atoms with van der Waals surface area (Å²) in [5.41, 5.74) is 1.04. The third-order valence-electron chi connectivity index (χ3n) is 3.66. The van der Waals surface area contributed by atoms with E-state index in [1.54, 1.807) is 6.92 Å². The highest BCUT2D eigenvalue weighted by Crippen LogP contribution is 2.18. The van der Waals surface area contributed by atoms with E-state index in [2.05, 4.69) is 10.4 Å². The Morgan fingerprint density at radius 2 is 2.00 bits per heavy atom. The molecule has 1 heterocycles. The van der Waals surface area contributed by atoms with Crippen LogP contribution in [0.25, 0.3) is 0 Å². The van der Waals surface area contributed by atoms with E-state index in [1.807, 2.05) is 30.3 Å². The SMILES string of the molecule is CCn1nc(C(=O)NCC(CCO)c2ccccc2)ccc1=O. The van der Waals surface area contributed by atoms with Crippen molar-refractivity contribution < 1.29 is 9.90 Å². The van der Waals surface area contributed by atoms with Gasteiger partial charge < -0.3 is 10.4 Å². The first-order chi connectivity index (χ1) is 11.2. The lowest BCUT2D eigenvalue weighted by Crippen LogP contribution is -2.32. The predicted molar refractivity (Wildman–Crippen MR) is 87.4 cm³/mol. The number of aliphatic hydroxyl groups excluding tert-OH is 1. The van der Waals surface area contributed by atoms with Crippen LogP contribution in [0, 0.1) is 0 Å². The molecule has 0 bridgehead atoms. The van der Waals surface area contributed by atoms with Gasteiger partial charge in [-0.25, -0.2) is 4.68 Å². The third-order valence-corrected chi connectivity index (χ3v) is 3.66. The maximum absolute atomic E-state index is 12.2. The highest BCUT2D eigenvalue weighted by atomic mass is 16.3. The van der Waals surface area contributed by atoms with Crippen molar-refractivity contribution in [1.82, 2.24) is 15.1 Å². The lowest BCUT2D eigenvalue weighted by atomic mass is 9.96. The first kappa shape index (κ1) is 16.9. The Kier molecular flexibility index (Phi) is 6.05. The second-order valence-electron chi connectivity index (χ2n) is 5.20. The Morgan fingerprint density at radius 3 is 2.65 bits per heavy atom. The number of aryl methyl sites for hydroxylation is 1. The summed E-state index contributed by atoms with van der Waals surface area (Å²) >= 11 is 0. The maximum atomic E-state index is 12.2. The molecule has 1 aromatic carbocycles. The number of aromatic nitrogens is 2. The molecule has 2 rings (SSSR count). The molecule has 1 atom stereocenters. The molecular weight excluding hydrogens is 294 g/mol. The van der Waals surface area contributed by atoms with E-state index in [0.717, 1.165) is 5.56 Å². The van der Waals surface area contributed by atoms with Crippen molar-refractivity contribution in [3.63, 3.8) is 0 Å². The number of nitrogens with one attached hydrogen (secondary N) is 1. The number of aliphatic hydroxyl groups is 1. The number of carbonyl (C=O) groups is 1. The largest absolute Gasteiger partial charge is 0.396 e. The molecule has 0 spiro atoms. The molecule has 0 aliphatic rings. The molecule has 2 N–H and O–H groups in total. The van der Waals surface area contributed by atoms with Gasteiger partial charge in [-0.1, -0.05) is 30.3 Å². The number of nitrogens with zero attached hydrogens (tertiary/aromatic N) is 2. The van der Waals surface area contributed by atoms with E-state index in [4.69, 9.17) is 0 Å². The normalized spacial score (nSPS) is 11.9. The first-order valence-corrected chi connectivity index (χ1v) is 7.68. The summed E-state index contributed by atoms with van der Waals surface area (Å²) < 4.78 is 1.25. The van der Waals surface area contributed by atoms with Crippen LogP contribution in [0.5, 0.6) is 0 Å². The van der Waals surface area contributed by atoms with Crippen LogP contribution in [0.3, 0.4) is 0 Å². The number of carbonyl (C=O) groups excluding carboxylic acids is 1. The van der Waals surface area contributed by atoms with Crippen LogP contribution >= 0.6 is 0 Å². The number of rotatable bonds is 7. The summed E-state index contributed by atoms with van der Waals surface area (Å²) in [7, 11) is 0. The monoisotopic (exact) mass is 315 g/mol. The van der Waals surface area contributed by atoms with E-state index in [0.29, 0.717) is 19.5 Å². The van der Waals surface area contributed by atoms with Crippen molar-refractivity contribution >= 4 is 5.91 Å². The molecular formula is C17H21N3O3. The second-order valence-corrected chi connectivity index (χ2v) is 5.20. The van der Waals surface area contributed by atoms with Crippen molar-refractivity contribution in [1.29, 1.82) is 0 Å². The average molecular weight is 315 g/mol. The number of hydrogen-bond donors (Lipinski definition) is 2. The molecule has 2 aromatic rings. The van der Waals surface area contributed by atoms with Gasteiger partial charge in [0.1, 0.15) is 5.69 Å². The standard InChI is InChI=1S/C17H21N3O3/c1-2-20-16(22)9-8-15(19-20)17(23)18-12-14(10-11-21)13-6-4-3-5-7-13/h3-9,14,21H,2,10-12H2,1H3,(H,18,23). The summed E-state index contributed by atoms with van der Waals surface area (Å²) in [5, 5.41) is 16.1. The van der Waals surface area contributed by atoms with E-state index in [9.17, 15) is 14.7 Å². The van der Waals surface area contributed by atoms with Crippen LogP contribution in [0.2, 0.25) is 0 Å². The molecule has 0 aliphatic carbocycles. The molecule has 1 aromatic heterocycles. The van der Waals surface area contributed by atoms with E-state index < -0.39 is 0 Å². The van der Waals surface area contributed by atoms with Crippen molar-refractivity contribution in [3.8, 4) is 0 Å². The van der Waals surface area contributed by atoms with Gasteiger partial charge in [-0.15, -0.1) is 0 Å². The minimum Gasteiger partial charge on any atom is -0.396 e. The molecule has 1 unspecified atom stereocenters. The van der Waals surface area contributed by atoms with Crippen LogP contribution in [0.1, 0.15) is 35.3 Å². The molecule has 0 radical (unpaired) electrons. The number of amides is 1. The lowest BCUT2D eigenvalue weighted by molar-refractivity contribution is 0.0942. The molecule has 0 aliphatic heterocycles. The van der Waals surface area contributed by atoms with Gasteiger partial charge in [-0.05, 0) is 25.0 Å². The van der Waals surface area contributed by atoms with Gasteiger partial charge >= 0.3 is 0 Å². The lowest BCUT2D eigenvalue weighted by Gasteiger charge is -2.17. The van der Waals surface area contributed by atoms with Crippen LogP contribution in [0.4, 0.5) is 0 Å². The second kappa shape index (κ2) is 8.24. The Morgan fingerprint density at radius 1 is 1.26 bits per heavy atom. The molecule has 23 heavy (non-hydrogen) atoms. The minimum absolute atomic E-state index is 0.0298. The van der Waals surface area contributed by atoms with E-state index in [-0.39, 0.29) is 29.7 Å². The smallest absolute Gasteiger partial charge is 0.271 e. The summed E-state index contributed by atoms with van der Waals surface area (Å²) in [4.78, 5) is 23.7. The fraction of sp³-hybridized carbons (Fsp3) is 0.353. The Hall–Kier alpha value is -2.47. The molecule has 0 saturated heterocycles. The quantitative estimate of drug-likeness (QED) is 0.803. The zero-order chi connectivity index (χ0) is 16.7. The maximum Gasteiger partial charge on any atom is 0.271 e. The van der Waals surface area contributed by atoms with Gasteiger partial charge in [0.25, 0.3) is 11.5 Å². The van der Waals surface area contributed by atoms with E-state index >= 15 is 0 Å².